The van der Waals surface area contributed by atoms with Crippen molar-refractivity contribution in [2.45, 2.75) is 18.9 Å². The van der Waals surface area contributed by atoms with Gasteiger partial charge in [0.1, 0.15) is 17.8 Å². The molecule has 0 spiro atoms. The first kappa shape index (κ1) is 12.8. The number of anilines is 1. The van der Waals surface area contributed by atoms with Crippen molar-refractivity contribution in [2.75, 3.05) is 32.5 Å². The second-order valence-electron chi connectivity index (χ2n) is 4.77. The number of hydrogen-bond acceptors (Lipinski definition) is 5. The number of nitrogens with one attached hydrogen (secondary N) is 2. The number of carbonyl (C=O) groups excluding carboxylic acids is 1. The van der Waals surface area contributed by atoms with Crippen LogP contribution in [0, 0.1) is 0 Å². The average Bonchev–Trinajstić information content (AvgIpc) is 3.13. The van der Waals surface area contributed by atoms with Crippen molar-refractivity contribution in [2.24, 2.45) is 0 Å². The molecule has 1 aromatic rings. The fourth-order valence-electron chi connectivity index (χ4n) is 1.48. The molecule has 0 atom stereocenters. The lowest BCUT2D eigenvalue weighted by atomic mass is 10.3. The van der Waals surface area contributed by atoms with Gasteiger partial charge in [-0.3, -0.25) is 4.79 Å². The zero-order valence-corrected chi connectivity index (χ0v) is 10.8. The minimum atomic E-state index is -0.155. The molecule has 1 heterocycles. The Morgan fingerprint density at radius 1 is 1.44 bits per heavy atom. The number of aromatic nitrogens is 2. The summed E-state index contributed by atoms with van der Waals surface area (Å²) in [5.74, 6) is 0.573. The summed E-state index contributed by atoms with van der Waals surface area (Å²) in [5.41, 5.74) is 0.409. The molecule has 1 amide bonds. The Hall–Kier alpha value is -1.69. The molecule has 0 aromatic carbocycles. The molecule has 6 heteroatoms. The van der Waals surface area contributed by atoms with E-state index in [1.165, 1.54) is 19.2 Å². The number of hydrogen-bond donors (Lipinski definition) is 2. The Morgan fingerprint density at radius 3 is 2.89 bits per heavy atom. The molecule has 0 radical (unpaired) electrons. The van der Waals surface area contributed by atoms with E-state index in [0.29, 0.717) is 18.3 Å². The summed E-state index contributed by atoms with van der Waals surface area (Å²) in [6.07, 6.45) is 3.77. The van der Waals surface area contributed by atoms with E-state index < -0.39 is 0 Å². The van der Waals surface area contributed by atoms with Crippen LogP contribution in [0.5, 0.6) is 0 Å². The number of carbonyl (C=O) groups is 1. The summed E-state index contributed by atoms with van der Waals surface area (Å²) >= 11 is 0. The molecule has 1 aromatic heterocycles. The number of nitrogens with zero attached hydrogens (tertiary/aromatic N) is 3. The van der Waals surface area contributed by atoms with E-state index in [0.717, 1.165) is 12.4 Å². The molecule has 0 unspecified atom stereocenters. The van der Waals surface area contributed by atoms with Crippen molar-refractivity contribution in [1.82, 2.24) is 20.2 Å². The maximum absolute atomic E-state index is 11.8. The summed E-state index contributed by atoms with van der Waals surface area (Å²) in [7, 11) is 3.93. The maximum Gasteiger partial charge on any atom is 0.270 e. The minimum absolute atomic E-state index is 0.155. The second kappa shape index (κ2) is 5.77. The van der Waals surface area contributed by atoms with E-state index in [2.05, 4.69) is 20.6 Å². The highest BCUT2D eigenvalue weighted by atomic mass is 16.1. The molecule has 1 aliphatic carbocycles. The van der Waals surface area contributed by atoms with Gasteiger partial charge in [0, 0.05) is 25.2 Å². The first-order valence-corrected chi connectivity index (χ1v) is 6.16. The molecule has 18 heavy (non-hydrogen) atoms. The van der Waals surface area contributed by atoms with Crippen molar-refractivity contribution in [3.05, 3.63) is 18.1 Å². The fraction of sp³-hybridized carbons (Fsp3) is 0.583. The highest BCUT2D eigenvalue weighted by molar-refractivity contribution is 5.92. The quantitative estimate of drug-likeness (QED) is 0.761. The molecule has 0 aliphatic heterocycles. The zero-order chi connectivity index (χ0) is 13.0. The van der Waals surface area contributed by atoms with Crippen LogP contribution in [-0.4, -0.2) is 54.0 Å². The smallest absolute Gasteiger partial charge is 0.270 e. The molecule has 98 valence electrons. The third-order valence-corrected chi connectivity index (χ3v) is 2.67. The lowest BCUT2D eigenvalue weighted by Crippen LogP contribution is -2.31. The Balaban J connectivity index is 1.88. The van der Waals surface area contributed by atoms with Gasteiger partial charge in [-0.25, -0.2) is 9.97 Å². The van der Waals surface area contributed by atoms with Gasteiger partial charge in [0.05, 0.1) is 0 Å². The third-order valence-electron chi connectivity index (χ3n) is 2.67. The van der Waals surface area contributed by atoms with Gasteiger partial charge >= 0.3 is 0 Å². The zero-order valence-electron chi connectivity index (χ0n) is 10.8. The van der Waals surface area contributed by atoms with Gasteiger partial charge in [0.15, 0.2) is 0 Å². The van der Waals surface area contributed by atoms with Crippen LogP contribution in [0.2, 0.25) is 0 Å². The minimum Gasteiger partial charge on any atom is -0.367 e. The van der Waals surface area contributed by atoms with Crippen LogP contribution >= 0.6 is 0 Å². The molecule has 1 aliphatic rings. The van der Waals surface area contributed by atoms with E-state index in [4.69, 9.17) is 0 Å². The molecular weight excluding hydrogens is 230 g/mol. The highest BCUT2D eigenvalue weighted by Gasteiger charge is 2.21. The monoisotopic (exact) mass is 249 g/mol. The molecule has 2 rings (SSSR count). The predicted molar refractivity (Wildman–Crippen MR) is 69.6 cm³/mol. The van der Waals surface area contributed by atoms with Crippen LogP contribution in [0.3, 0.4) is 0 Å². The third kappa shape index (κ3) is 3.96. The van der Waals surface area contributed by atoms with Crippen molar-refractivity contribution < 1.29 is 4.79 Å². The Morgan fingerprint density at radius 2 is 2.22 bits per heavy atom. The Kier molecular flexibility index (Phi) is 4.09. The van der Waals surface area contributed by atoms with E-state index in [1.807, 2.05) is 19.0 Å². The second-order valence-corrected chi connectivity index (χ2v) is 4.77. The van der Waals surface area contributed by atoms with Crippen molar-refractivity contribution in [1.29, 1.82) is 0 Å². The van der Waals surface area contributed by atoms with E-state index in [9.17, 15) is 4.79 Å². The molecular formula is C12H19N5O. The van der Waals surface area contributed by atoms with Gasteiger partial charge < -0.3 is 15.5 Å². The normalized spacial score (nSPS) is 14.6. The van der Waals surface area contributed by atoms with E-state index in [1.54, 1.807) is 6.07 Å². The molecule has 2 N–H and O–H groups in total. The van der Waals surface area contributed by atoms with Crippen LogP contribution in [0.25, 0.3) is 0 Å². The SMILES string of the molecule is CN(C)CCNC(=O)c1cc(NC2CC2)ncn1. The van der Waals surface area contributed by atoms with Crippen LogP contribution < -0.4 is 10.6 Å². The van der Waals surface area contributed by atoms with Crippen LogP contribution in [0.1, 0.15) is 23.3 Å². The summed E-state index contributed by atoms with van der Waals surface area (Å²) in [6, 6.07) is 2.22. The topological polar surface area (TPSA) is 70.2 Å². The lowest BCUT2D eigenvalue weighted by molar-refractivity contribution is 0.0946. The Labute approximate surface area is 107 Å². The summed E-state index contributed by atoms with van der Waals surface area (Å²) in [5, 5.41) is 6.07. The number of amides is 1. The molecule has 0 saturated heterocycles. The number of rotatable bonds is 6. The Bertz CT molecular complexity index is 417. The van der Waals surface area contributed by atoms with Crippen molar-refractivity contribution in [3.63, 3.8) is 0 Å². The van der Waals surface area contributed by atoms with Gasteiger partial charge in [-0.15, -0.1) is 0 Å². The van der Waals surface area contributed by atoms with Crippen molar-refractivity contribution in [3.8, 4) is 0 Å². The molecule has 1 saturated carbocycles. The first-order chi connectivity index (χ1) is 8.65. The number of likely N-dealkylation sites (N-methyl/N-ethyl adjacent to an activating group) is 1. The largest absolute Gasteiger partial charge is 0.367 e. The maximum atomic E-state index is 11.8. The van der Waals surface area contributed by atoms with E-state index >= 15 is 0 Å². The predicted octanol–water partition coefficient (Wildman–Crippen LogP) is 0.342. The van der Waals surface area contributed by atoms with Crippen LogP contribution in [0.15, 0.2) is 12.4 Å². The van der Waals surface area contributed by atoms with Crippen LogP contribution in [0.4, 0.5) is 5.82 Å². The molecule has 0 bridgehead atoms. The fourth-order valence-corrected chi connectivity index (χ4v) is 1.48. The van der Waals surface area contributed by atoms with Gasteiger partial charge in [-0.1, -0.05) is 0 Å². The van der Waals surface area contributed by atoms with Gasteiger partial charge in [0.25, 0.3) is 5.91 Å². The van der Waals surface area contributed by atoms with Gasteiger partial charge in [0.2, 0.25) is 0 Å². The summed E-state index contributed by atoms with van der Waals surface area (Å²) < 4.78 is 0. The lowest BCUT2D eigenvalue weighted by Gasteiger charge is -2.10. The summed E-state index contributed by atoms with van der Waals surface area (Å²) in [4.78, 5) is 21.9. The standard InChI is InChI=1S/C12H19N5O/c1-17(2)6-5-13-12(18)10-7-11(15-8-14-10)16-9-3-4-9/h7-9H,3-6H2,1-2H3,(H,13,18)(H,14,15,16). The molecule has 1 fully saturated rings. The highest BCUT2D eigenvalue weighted by Crippen LogP contribution is 2.23. The van der Waals surface area contributed by atoms with Gasteiger partial charge in [-0.2, -0.15) is 0 Å². The summed E-state index contributed by atoms with van der Waals surface area (Å²) in [6.45, 7) is 1.42. The van der Waals surface area contributed by atoms with Crippen molar-refractivity contribution >= 4 is 11.7 Å². The first-order valence-electron chi connectivity index (χ1n) is 6.16. The van der Waals surface area contributed by atoms with E-state index in [-0.39, 0.29) is 5.91 Å². The van der Waals surface area contributed by atoms with Crippen LogP contribution in [-0.2, 0) is 0 Å². The molecule has 6 nitrogen and oxygen atoms in total. The average molecular weight is 249 g/mol. The van der Waals surface area contributed by atoms with Gasteiger partial charge in [-0.05, 0) is 26.9 Å².